The Morgan fingerprint density at radius 2 is 2.00 bits per heavy atom. The van der Waals surface area contributed by atoms with E-state index >= 15 is 0 Å². The third-order valence-corrected chi connectivity index (χ3v) is 4.54. The first-order valence-electron chi connectivity index (χ1n) is 9.04. The minimum atomic E-state index is -0.492. The number of carbonyl (C=O) groups excluding carboxylic acids is 2. The van der Waals surface area contributed by atoms with E-state index < -0.39 is 5.60 Å². The molecule has 0 spiro atoms. The van der Waals surface area contributed by atoms with E-state index in [1.807, 2.05) is 26.8 Å². The summed E-state index contributed by atoms with van der Waals surface area (Å²) >= 11 is 0. The molecule has 0 aromatic carbocycles. The van der Waals surface area contributed by atoms with Crippen LogP contribution in [0.2, 0.25) is 0 Å². The van der Waals surface area contributed by atoms with Crippen LogP contribution < -0.4 is 0 Å². The fraction of sp³-hybridized carbons (Fsp3) is 0.550. The summed E-state index contributed by atoms with van der Waals surface area (Å²) in [6.45, 7) is 6.72. The van der Waals surface area contributed by atoms with Gasteiger partial charge in [0.2, 0.25) is 0 Å². The second kappa shape index (κ2) is 7.09. The monoisotopic (exact) mass is 358 g/mol. The molecule has 3 rings (SSSR count). The number of pyridine rings is 1. The highest BCUT2D eigenvalue weighted by Gasteiger charge is 2.30. The highest BCUT2D eigenvalue weighted by Crippen LogP contribution is 2.42. The lowest BCUT2D eigenvalue weighted by atomic mass is 9.97. The lowest BCUT2D eigenvalue weighted by molar-refractivity contribution is 0.0270. The van der Waals surface area contributed by atoms with Crippen LogP contribution in [0.4, 0.5) is 4.79 Å². The summed E-state index contributed by atoms with van der Waals surface area (Å²) in [4.78, 5) is 30.2. The SMILES string of the molecule is COC(=O)c1ncc(C2=CCN(C(=O)OC(C)(C)C)CC2)cc1C1CC1. The Bertz CT molecular complexity index is 745. The van der Waals surface area contributed by atoms with Gasteiger partial charge in [-0.2, -0.15) is 0 Å². The van der Waals surface area contributed by atoms with Gasteiger partial charge in [-0.3, -0.25) is 0 Å². The molecule has 0 N–H and O–H groups in total. The van der Waals surface area contributed by atoms with Crippen molar-refractivity contribution in [3.05, 3.63) is 35.2 Å². The van der Waals surface area contributed by atoms with Gasteiger partial charge in [0.05, 0.1) is 7.11 Å². The highest BCUT2D eigenvalue weighted by molar-refractivity contribution is 5.89. The van der Waals surface area contributed by atoms with Gasteiger partial charge in [0.1, 0.15) is 5.60 Å². The van der Waals surface area contributed by atoms with E-state index in [0.717, 1.165) is 36.0 Å². The topological polar surface area (TPSA) is 68.7 Å². The molecule has 26 heavy (non-hydrogen) atoms. The Morgan fingerprint density at radius 1 is 1.27 bits per heavy atom. The third-order valence-electron chi connectivity index (χ3n) is 4.54. The van der Waals surface area contributed by atoms with Crippen LogP contribution in [0.3, 0.4) is 0 Å². The van der Waals surface area contributed by atoms with Crippen molar-refractivity contribution in [1.82, 2.24) is 9.88 Å². The number of amides is 1. The van der Waals surface area contributed by atoms with Crippen molar-refractivity contribution in [1.29, 1.82) is 0 Å². The molecule has 6 heteroatoms. The molecule has 2 aliphatic rings. The van der Waals surface area contributed by atoms with Crippen LogP contribution in [0.5, 0.6) is 0 Å². The van der Waals surface area contributed by atoms with Crippen molar-refractivity contribution in [3.8, 4) is 0 Å². The minimum absolute atomic E-state index is 0.286. The predicted octanol–water partition coefficient (Wildman–Crippen LogP) is 3.77. The van der Waals surface area contributed by atoms with Crippen LogP contribution in [-0.4, -0.2) is 47.7 Å². The van der Waals surface area contributed by atoms with E-state index in [2.05, 4.69) is 11.1 Å². The second-order valence-corrected chi connectivity index (χ2v) is 7.83. The number of methoxy groups -OCH3 is 1. The zero-order valence-corrected chi connectivity index (χ0v) is 15.9. The van der Waals surface area contributed by atoms with Gasteiger partial charge < -0.3 is 14.4 Å². The maximum atomic E-state index is 12.2. The number of carbonyl (C=O) groups is 2. The fourth-order valence-electron chi connectivity index (χ4n) is 3.05. The van der Waals surface area contributed by atoms with E-state index in [0.29, 0.717) is 24.7 Å². The molecule has 0 bridgehead atoms. The molecule has 1 aromatic heterocycles. The molecule has 0 saturated heterocycles. The maximum Gasteiger partial charge on any atom is 0.410 e. The summed E-state index contributed by atoms with van der Waals surface area (Å²) in [5.41, 5.74) is 3.07. The zero-order chi connectivity index (χ0) is 18.9. The van der Waals surface area contributed by atoms with Crippen molar-refractivity contribution in [2.75, 3.05) is 20.2 Å². The molecule has 1 fully saturated rings. The molecular formula is C20H26N2O4. The molecule has 0 radical (unpaired) electrons. The average Bonchev–Trinajstić information content (AvgIpc) is 3.44. The second-order valence-electron chi connectivity index (χ2n) is 7.83. The number of aromatic nitrogens is 1. The summed E-state index contributed by atoms with van der Waals surface area (Å²) in [6, 6.07) is 2.06. The van der Waals surface area contributed by atoms with Gasteiger partial charge in [-0.25, -0.2) is 14.6 Å². The largest absolute Gasteiger partial charge is 0.464 e. The van der Waals surface area contributed by atoms with Gasteiger partial charge in [-0.1, -0.05) is 6.08 Å². The van der Waals surface area contributed by atoms with Crippen LogP contribution in [0, 0.1) is 0 Å². The molecule has 1 aromatic rings. The van der Waals surface area contributed by atoms with Gasteiger partial charge in [0, 0.05) is 19.3 Å². The first kappa shape index (κ1) is 18.4. The third kappa shape index (κ3) is 4.23. The Balaban J connectivity index is 1.75. The standard InChI is InChI=1S/C20H26N2O4/c1-20(2,3)26-19(24)22-9-7-13(8-10-22)15-11-16(14-5-6-14)17(21-12-15)18(23)25-4/h7,11-12,14H,5-6,8-10H2,1-4H3. The van der Waals surface area contributed by atoms with Crippen molar-refractivity contribution in [2.24, 2.45) is 0 Å². The molecule has 1 aliphatic heterocycles. The molecular weight excluding hydrogens is 332 g/mol. The molecule has 1 saturated carbocycles. The molecule has 6 nitrogen and oxygen atoms in total. The van der Waals surface area contributed by atoms with Gasteiger partial charge in [0.15, 0.2) is 5.69 Å². The minimum Gasteiger partial charge on any atom is -0.464 e. The number of rotatable bonds is 3. The quantitative estimate of drug-likeness (QED) is 0.769. The van der Waals surface area contributed by atoms with E-state index in [4.69, 9.17) is 9.47 Å². The van der Waals surface area contributed by atoms with Crippen LogP contribution in [0.1, 0.15) is 67.6 Å². The van der Waals surface area contributed by atoms with E-state index in [-0.39, 0.29) is 12.1 Å². The van der Waals surface area contributed by atoms with Gasteiger partial charge in [-0.15, -0.1) is 0 Å². The summed E-state index contributed by atoms with van der Waals surface area (Å²) in [7, 11) is 1.38. The van der Waals surface area contributed by atoms with Gasteiger partial charge in [-0.05, 0) is 68.7 Å². The number of hydrogen-bond donors (Lipinski definition) is 0. The number of hydrogen-bond acceptors (Lipinski definition) is 5. The van der Waals surface area contributed by atoms with Crippen molar-refractivity contribution in [3.63, 3.8) is 0 Å². The fourth-order valence-corrected chi connectivity index (χ4v) is 3.05. The highest BCUT2D eigenvalue weighted by atomic mass is 16.6. The molecule has 0 atom stereocenters. The van der Waals surface area contributed by atoms with E-state index in [1.54, 1.807) is 11.1 Å². The average molecular weight is 358 g/mol. The Morgan fingerprint density at radius 3 is 2.54 bits per heavy atom. The van der Waals surface area contributed by atoms with E-state index in [9.17, 15) is 9.59 Å². The Kier molecular flexibility index (Phi) is 5.03. The molecule has 1 amide bonds. The summed E-state index contributed by atoms with van der Waals surface area (Å²) in [5, 5.41) is 0. The summed E-state index contributed by atoms with van der Waals surface area (Å²) < 4.78 is 10.3. The normalized spacial score (nSPS) is 17.5. The Hall–Kier alpha value is -2.37. The van der Waals surface area contributed by atoms with Crippen LogP contribution >= 0.6 is 0 Å². The van der Waals surface area contributed by atoms with Gasteiger partial charge in [0.25, 0.3) is 0 Å². The van der Waals surface area contributed by atoms with Crippen molar-refractivity contribution < 1.29 is 19.1 Å². The van der Waals surface area contributed by atoms with Gasteiger partial charge >= 0.3 is 12.1 Å². The first-order chi connectivity index (χ1) is 12.3. The lowest BCUT2D eigenvalue weighted by Gasteiger charge is -2.29. The van der Waals surface area contributed by atoms with Crippen LogP contribution in [-0.2, 0) is 9.47 Å². The smallest absolute Gasteiger partial charge is 0.410 e. The van der Waals surface area contributed by atoms with E-state index in [1.165, 1.54) is 7.11 Å². The van der Waals surface area contributed by atoms with Crippen LogP contribution in [0.15, 0.2) is 18.3 Å². The van der Waals surface area contributed by atoms with Crippen molar-refractivity contribution in [2.45, 2.75) is 51.6 Å². The number of ether oxygens (including phenoxy) is 2. The Labute approximate surface area is 154 Å². The van der Waals surface area contributed by atoms with Crippen LogP contribution in [0.25, 0.3) is 5.57 Å². The van der Waals surface area contributed by atoms with Crippen molar-refractivity contribution >= 4 is 17.6 Å². The molecule has 140 valence electrons. The molecule has 1 aliphatic carbocycles. The first-order valence-corrected chi connectivity index (χ1v) is 9.04. The predicted molar refractivity (Wildman–Crippen MR) is 98.0 cm³/mol. The summed E-state index contributed by atoms with van der Waals surface area (Å²) in [5.74, 6) is 0.0196. The summed E-state index contributed by atoms with van der Waals surface area (Å²) in [6.07, 6.45) is 6.39. The number of nitrogens with zero attached hydrogens (tertiary/aromatic N) is 2. The molecule has 0 unspecified atom stereocenters. The molecule has 2 heterocycles. The zero-order valence-electron chi connectivity index (χ0n) is 15.9. The maximum absolute atomic E-state index is 12.2. The lowest BCUT2D eigenvalue weighted by Crippen LogP contribution is -2.39. The number of esters is 1.